The second-order valence-corrected chi connectivity index (χ2v) is 6.15. The molecule has 2 N–H and O–H groups in total. The standard InChI is InChI=1S/C16H25ClN2O/c1-12-8-14(17)5-6-15(12)16(9-18)19-7-3-4-13(10-19)11-20-2/h5-6,8,13,16H,3-4,7,9-11,18H2,1-2H3. The van der Waals surface area contributed by atoms with Gasteiger partial charge < -0.3 is 10.5 Å². The normalized spacial score (nSPS) is 21.9. The van der Waals surface area contributed by atoms with Gasteiger partial charge in [0.15, 0.2) is 0 Å². The molecule has 2 atom stereocenters. The monoisotopic (exact) mass is 296 g/mol. The predicted octanol–water partition coefficient (Wildman–Crippen LogP) is 3.01. The number of aryl methyl sites for hydroxylation is 1. The van der Waals surface area contributed by atoms with E-state index in [0.29, 0.717) is 12.5 Å². The van der Waals surface area contributed by atoms with Crippen molar-refractivity contribution in [1.29, 1.82) is 0 Å². The van der Waals surface area contributed by atoms with Gasteiger partial charge in [-0.1, -0.05) is 17.7 Å². The van der Waals surface area contributed by atoms with Crippen LogP contribution in [0.5, 0.6) is 0 Å². The van der Waals surface area contributed by atoms with Crippen LogP contribution in [0.3, 0.4) is 0 Å². The summed E-state index contributed by atoms with van der Waals surface area (Å²) in [7, 11) is 1.78. The average Bonchev–Trinajstić information content (AvgIpc) is 2.43. The largest absolute Gasteiger partial charge is 0.384 e. The smallest absolute Gasteiger partial charge is 0.0502 e. The van der Waals surface area contributed by atoms with Crippen molar-refractivity contribution >= 4 is 11.6 Å². The first-order valence-electron chi connectivity index (χ1n) is 7.34. The zero-order valence-corrected chi connectivity index (χ0v) is 13.2. The van der Waals surface area contributed by atoms with Crippen molar-refractivity contribution in [2.75, 3.05) is 33.4 Å². The van der Waals surface area contributed by atoms with Crippen molar-refractivity contribution < 1.29 is 4.74 Å². The Morgan fingerprint density at radius 3 is 2.95 bits per heavy atom. The molecule has 3 nitrogen and oxygen atoms in total. The maximum atomic E-state index is 6.06. The number of rotatable bonds is 5. The van der Waals surface area contributed by atoms with E-state index in [1.54, 1.807) is 7.11 Å². The van der Waals surface area contributed by atoms with E-state index in [1.807, 2.05) is 12.1 Å². The van der Waals surface area contributed by atoms with Crippen LogP contribution in [-0.2, 0) is 4.74 Å². The lowest BCUT2D eigenvalue weighted by atomic mass is 9.93. The summed E-state index contributed by atoms with van der Waals surface area (Å²) in [5.74, 6) is 0.621. The number of nitrogens with zero attached hydrogens (tertiary/aromatic N) is 1. The van der Waals surface area contributed by atoms with E-state index in [2.05, 4.69) is 17.9 Å². The molecule has 0 amide bonds. The molecule has 4 heteroatoms. The van der Waals surface area contributed by atoms with Crippen molar-refractivity contribution in [3.63, 3.8) is 0 Å². The Kier molecular flexibility index (Phi) is 5.85. The van der Waals surface area contributed by atoms with Gasteiger partial charge in [0.2, 0.25) is 0 Å². The first-order chi connectivity index (χ1) is 9.65. The van der Waals surface area contributed by atoms with Crippen LogP contribution in [0.1, 0.15) is 30.0 Å². The number of nitrogens with two attached hydrogens (primary N) is 1. The predicted molar refractivity (Wildman–Crippen MR) is 84.2 cm³/mol. The second kappa shape index (κ2) is 7.41. The van der Waals surface area contributed by atoms with E-state index in [4.69, 9.17) is 22.1 Å². The maximum absolute atomic E-state index is 6.06. The molecule has 1 saturated heterocycles. The average molecular weight is 297 g/mol. The summed E-state index contributed by atoms with van der Waals surface area (Å²) in [5, 5.41) is 0.790. The van der Waals surface area contributed by atoms with E-state index in [-0.39, 0.29) is 6.04 Å². The van der Waals surface area contributed by atoms with Gasteiger partial charge in [0.25, 0.3) is 0 Å². The van der Waals surface area contributed by atoms with Crippen LogP contribution in [0.4, 0.5) is 0 Å². The second-order valence-electron chi connectivity index (χ2n) is 5.71. The fourth-order valence-corrected chi connectivity index (χ4v) is 3.46. The van der Waals surface area contributed by atoms with E-state index >= 15 is 0 Å². The molecule has 0 spiro atoms. The van der Waals surface area contributed by atoms with Gasteiger partial charge in [0.05, 0.1) is 6.61 Å². The molecule has 1 aliphatic heterocycles. The molecule has 0 aromatic heterocycles. The summed E-state index contributed by atoms with van der Waals surface area (Å²) in [6.45, 7) is 5.78. The zero-order chi connectivity index (χ0) is 14.5. The van der Waals surface area contributed by atoms with Gasteiger partial charge in [-0.2, -0.15) is 0 Å². The highest BCUT2D eigenvalue weighted by Gasteiger charge is 2.26. The van der Waals surface area contributed by atoms with Crippen LogP contribution >= 0.6 is 11.6 Å². The quantitative estimate of drug-likeness (QED) is 0.908. The Morgan fingerprint density at radius 2 is 2.30 bits per heavy atom. The summed E-state index contributed by atoms with van der Waals surface area (Å²) in [4.78, 5) is 2.50. The Morgan fingerprint density at radius 1 is 1.50 bits per heavy atom. The topological polar surface area (TPSA) is 38.5 Å². The summed E-state index contributed by atoms with van der Waals surface area (Å²) in [5.41, 5.74) is 8.58. The SMILES string of the molecule is COCC1CCCN(C(CN)c2ccc(Cl)cc2C)C1. The van der Waals surface area contributed by atoms with Gasteiger partial charge in [-0.05, 0) is 55.5 Å². The minimum absolute atomic E-state index is 0.284. The number of methoxy groups -OCH3 is 1. The molecule has 20 heavy (non-hydrogen) atoms. The van der Waals surface area contributed by atoms with Crippen LogP contribution in [0.2, 0.25) is 5.02 Å². The zero-order valence-electron chi connectivity index (χ0n) is 12.4. The molecule has 112 valence electrons. The molecule has 1 aliphatic rings. The van der Waals surface area contributed by atoms with Gasteiger partial charge in [0, 0.05) is 31.3 Å². The molecule has 1 aromatic rings. The number of likely N-dealkylation sites (tertiary alicyclic amines) is 1. The van der Waals surface area contributed by atoms with Gasteiger partial charge in [0.1, 0.15) is 0 Å². The summed E-state index contributed by atoms with van der Waals surface area (Å²) < 4.78 is 5.31. The van der Waals surface area contributed by atoms with Crippen LogP contribution in [0, 0.1) is 12.8 Å². The first kappa shape index (κ1) is 15.8. The number of halogens is 1. The lowest BCUT2D eigenvalue weighted by Crippen LogP contribution is -2.42. The Labute approximate surface area is 127 Å². The van der Waals surface area contributed by atoms with Crippen LogP contribution in [-0.4, -0.2) is 38.3 Å². The molecule has 0 aliphatic carbocycles. The molecule has 1 heterocycles. The minimum atomic E-state index is 0.284. The van der Waals surface area contributed by atoms with Crippen LogP contribution in [0.15, 0.2) is 18.2 Å². The van der Waals surface area contributed by atoms with Gasteiger partial charge in [-0.3, -0.25) is 4.90 Å². The van der Waals surface area contributed by atoms with Crippen molar-refractivity contribution in [2.45, 2.75) is 25.8 Å². The summed E-state index contributed by atoms with van der Waals surface area (Å²) in [6.07, 6.45) is 2.47. The third kappa shape index (κ3) is 3.73. The van der Waals surface area contributed by atoms with Crippen molar-refractivity contribution in [2.24, 2.45) is 11.7 Å². The van der Waals surface area contributed by atoms with Crippen molar-refractivity contribution in [1.82, 2.24) is 4.90 Å². The third-order valence-corrected chi connectivity index (χ3v) is 4.44. The van der Waals surface area contributed by atoms with Crippen molar-refractivity contribution in [3.05, 3.63) is 34.3 Å². The fourth-order valence-electron chi connectivity index (χ4n) is 3.24. The van der Waals surface area contributed by atoms with Crippen LogP contribution in [0.25, 0.3) is 0 Å². The molecule has 2 rings (SSSR count). The molecule has 0 radical (unpaired) electrons. The molecule has 2 unspecified atom stereocenters. The molecule has 1 aromatic carbocycles. The summed E-state index contributed by atoms with van der Waals surface area (Å²) in [6, 6.07) is 6.39. The van der Waals surface area contributed by atoms with Gasteiger partial charge in [-0.25, -0.2) is 0 Å². The highest BCUT2D eigenvalue weighted by atomic mass is 35.5. The molecule has 0 saturated carbocycles. The minimum Gasteiger partial charge on any atom is -0.384 e. The Balaban J connectivity index is 2.14. The molecule has 1 fully saturated rings. The number of hydrogen-bond acceptors (Lipinski definition) is 3. The van der Waals surface area contributed by atoms with Gasteiger partial charge >= 0.3 is 0 Å². The molecular formula is C16H25ClN2O. The Hall–Kier alpha value is -0.610. The van der Waals surface area contributed by atoms with E-state index in [9.17, 15) is 0 Å². The lowest BCUT2D eigenvalue weighted by Gasteiger charge is -2.38. The Bertz CT molecular complexity index is 436. The molecular weight excluding hydrogens is 272 g/mol. The number of benzene rings is 1. The van der Waals surface area contributed by atoms with E-state index in [1.165, 1.54) is 24.0 Å². The number of piperidine rings is 1. The highest BCUT2D eigenvalue weighted by molar-refractivity contribution is 6.30. The maximum Gasteiger partial charge on any atom is 0.0502 e. The first-order valence-corrected chi connectivity index (χ1v) is 7.72. The third-order valence-electron chi connectivity index (χ3n) is 4.21. The molecule has 0 bridgehead atoms. The summed E-state index contributed by atoms with van der Waals surface area (Å²) >= 11 is 6.05. The fraction of sp³-hybridized carbons (Fsp3) is 0.625. The lowest BCUT2D eigenvalue weighted by molar-refractivity contribution is 0.0695. The van der Waals surface area contributed by atoms with E-state index < -0.39 is 0 Å². The highest BCUT2D eigenvalue weighted by Crippen LogP contribution is 2.29. The number of ether oxygens (including phenoxy) is 1. The van der Waals surface area contributed by atoms with E-state index in [0.717, 1.165) is 24.7 Å². The van der Waals surface area contributed by atoms with Crippen molar-refractivity contribution in [3.8, 4) is 0 Å². The number of hydrogen-bond donors (Lipinski definition) is 1. The van der Waals surface area contributed by atoms with Gasteiger partial charge in [-0.15, -0.1) is 0 Å². The van der Waals surface area contributed by atoms with Crippen LogP contribution < -0.4 is 5.73 Å².